The highest BCUT2D eigenvalue weighted by Crippen LogP contribution is 2.22. The van der Waals surface area contributed by atoms with Gasteiger partial charge in [-0.25, -0.2) is 4.79 Å². The molecule has 2 amide bonds. The fourth-order valence-electron chi connectivity index (χ4n) is 3.93. The van der Waals surface area contributed by atoms with Crippen LogP contribution in [0.15, 0.2) is 48.5 Å². The molecule has 1 saturated heterocycles. The van der Waals surface area contributed by atoms with Crippen molar-refractivity contribution in [2.24, 2.45) is 5.73 Å². The number of carbonyl (C=O) groups is 2. The number of fused-ring (bicyclic) bond motifs is 1. The number of hydrogen-bond acceptors (Lipinski definition) is 8. The summed E-state index contributed by atoms with van der Waals surface area (Å²) < 4.78 is 18.8. The number of benzene rings is 1. The van der Waals surface area contributed by atoms with Gasteiger partial charge in [-0.2, -0.15) is 0 Å². The topological polar surface area (TPSA) is 133 Å². The Kier molecular flexibility index (Phi) is 8.37. The lowest BCUT2D eigenvalue weighted by molar-refractivity contribution is -0.126. The highest BCUT2D eigenvalue weighted by atomic mass is 16.6. The third-order valence-electron chi connectivity index (χ3n) is 6.13. The summed E-state index contributed by atoms with van der Waals surface area (Å²) >= 11 is 0. The summed E-state index contributed by atoms with van der Waals surface area (Å²) in [6.07, 6.45) is -0.635. The number of aromatic nitrogens is 3. The molecule has 4 rings (SSSR count). The van der Waals surface area contributed by atoms with Crippen molar-refractivity contribution in [2.75, 3.05) is 32.9 Å². The van der Waals surface area contributed by atoms with E-state index in [9.17, 15) is 9.59 Å². The molecule has 2 aromatic heterocycles. The first-order valence-electron chi connectivity index (χ1n) is 12.3. The Hall–Kier alpha value is -3.54. The maximum atomic E-state index is 12.9. The third kappa shape index (κ3) is 6.62. The van der Waals surface area contributed by atoms with E-state index >= 15 is 0 Å². The molecule has 11 nitrogen and oxygen atoms in total. The van der Waals surface area contributed by atoms with E-state index in [4.69, 9.17) is 19.9 Å². The largest absolute Gasteiger partial charge is 0.443 e. The maximum absolute atomic E-state index is 12.9. The number of nitrogens with one attached hydrogen (secondary N) is 1. The number of hydrogen-bond donors (Lipinski definition) is 2. The van der Waals surface area contributed by atoms with Crippen LogP contribution in [0.3, 0.4) is 0 Å². The molecule has 2 atom stereocenters. The zero-order chi connectivity index (χ0) is 26.4. The third-order valence-corrected chi connectivity index (χ3v) is 6.13. The maximum Gasteiger partial charge on any atom is 0.410 e. The van der Waals surface area contributed by atoms with Gasteiger partial charge in [-0.3, -0.25) is 9.20 Å². The van der Waals surface area contributed by atoms with E-state index in [1.807, 2.05) is 49.4 Å². The molecule has 11 heteroatoms. The summed E-state index contributed by atoms with van der Waals surface area (Å²) in [4.78, 5) is 27.0. The SMILES string of the molecule is C[C@H](OC[C@H](NC(=O)C(C)(C)N)c1nnc2cccc(COC(=O)N3CCOCC3)n12)c1ccccc1. The first-order valence-corrected chi connectivity index (χ1v) is 12.3. The predicted molar refractivity (Wildman–Crippen MR) is 136 cm³/mol. The van der Waals surface area contributed by atoms with Crippen LogP contribution in [0, 0.1) is 0 Å². The fraction of sp³-hybridized carbons (Fsp3) is 0.462. The Bertz CT molecular complexity index is 1200. The van der Waals surface area contributed by atoms with Crippen molar-refractivity contribution in [1.82, 2.24) is 24.8 Å². The molecular weight excluding hydrogens is 476 g/mol. The normalized spacial score (nSPS) is 15.8. The van der Waals surface area contributed by atoms with E-state index < -0.39 is 17.7 Å². The smallest absolute Gasteiger partial charge is 0.410 e. The minimum atomic E-state index is -1.11. The number of rotatable bonds is 9. The molecule has 198 valence electrons. The molecule has 37 heavy (non-hydrogen) atoms. The van der Waals surface area contributed by atoms with Crippen LogP contribution in [0.5, 0.6) is 0 Å². The number of pyridine rings is 1. The lowest BCUT2D eigenvalue weighted by atomic mass is 10.1. The minimum absolute atomic E-state index is 0.00287. The molecule has 0 aliphatic carbocycles. The van der Waals surface area contributed by atoms with Crippen molar-refractivity contribution in [3.8, 4) is 0 Å². The molecule has 1 aliphatic rings. The lowest BCUT2D eigenvalue weighted by Gasteiger charge is -2.26. The van der Waals surface area contributed by atoms with Crippen LogP contribution in [0.25, 0.3) is 5.65 Å². The summed E-state index contributed by atoms with van der Waals surface area (Å²) in [5.74, 6) is 0.0901. The van der Waals surface area contributed by atoms with Gasteiger partial charge >= 0.3 is 6.09 Å². The Balaban J connectivity index is 1.58. The molecule has 0 bridgehead atoms. The average Bonchev–Trinajstić information content (AvgIpc) is 3.34. The number of nitrogens with zero attached hydrogens (tertiary/aromatic N) is 4. The van der Waals surface area contributed by atoms with Gasteiger partial charge in [-0.15, -0.1) is 10.2 Å². The molecule has 0 spiro atoms. The second-order valence-corrected chi connectivity index (χ2v) is 9.56. The van der Waals surface area contributed by atoms with Gasteiger partial charge in [-0.05, 0) is 38.5 Å². The number of carbonyl (C=O) groups excluding carboxylic acids is 2. The quantitative estimate of drug-likeness (QED) is 0.448. The van der Waals surface area contributed by atoms with E-state index in [-0.39, 0.29) is 25.2 Å². The Morgan fingerprint density at radius 1 is 1.11 bits per heavy atom. The second-order valence-electron chi connectivity index (χ2n) is 9.56. The summed E-state index contributed by atoms with van der Waals surface area (Å²) in [5.41, 5.74) is 7.16. The van der Waals surface area contributed by atoms with Crippen LogP contribution in [0.4, 0.5) is 4.79 Å². The van der Waals surface area contributed by atoms with E-state index in [1.54, 1.807) is 29.2 Å². The standard InChI is InChI=1S/C26H34N6O5/c1-18(19-8-5-4-6-9-19)36-17-21(28-24(33)26(2,3)27)23-30-29-22-11-7-10-20(32(22)23)16-37-25(34)31-12-14-35-15-13-31/h4-11,18,21H,12-17,27H2,1-3H3,(H,28,33)/t18-,21-/m0/s1. The fourth-order valence-corrected chi connectivity index (χ4v) is 3.93. The van der Waals surface area contributed by atoms with Crippen molar-refractivity contribution < 1.29 is 23.8 Å². The molecule has 0 unspecified atom stereocenters. The summed E-state index contributed by atoms with van der Waals surface area (Å²) in [6.45, 7) is 7.28. The highest BCUT2D eigenvalue weighted by Gasteiger charge is 2.29. The molecule has 3 heterocycles. The molecule has 1 aromatic carbocycles. The van der Waals surface area contributed by atoms with E-state index in [0.29, 0.717) is 43.5 Å². The van der Waals surface area contributed by atoms with Gasteiger partial charge < -0.3 is 30.2 Å². The van der Waals surface area contributed by atoms with Gasteiger partial charge in [0, 0.05) is 13.1 Å². The molecule has 1 fully saturated rings. The predicted octanol–water partition coefficient (Wildman–Crippen LogP) is 2.37. The van der Waals surface area contributed by atoms with Gasteiger partial charge in [0.25, 0.3) is 0 Å². The molecule has 1 aliphatic heterocycles. The Morgan fingerprint density at radius 3 is 2.54 bits per heavy atom. The number of nitrogens with two attached hydrogens (primary N) is 1. The average molecular weight is 511 g/mol. The van der Waals surface area contributed by atoms with Gasteiger partial charge in [0.05, 0.1) is 37.2 Å². The van der Waals surface area contributed by atoms with E-state index in [0.717, 1.165) is 5.56 Å². The van der Waals surface area contributed by atoms with Crippen molar-refractivity contribution in [1.29, 1.82) is 0 Å². The van der Waals surface area contributed by atoms with Crippen molar-refractivity contribution in [3.05, 3.63) is 65.6 Å². The summed E-state index contributed by atoms with van der Waals surface area (Å²) in [7, 11) is 0. The van der Waals surface area contributed by atoms with Crippen molar-refractivity contribution >= 4 is 17.6 Å². The van der Waals surface area contributed by atoms with E-state index in [1.165, 1.54) is 0 Å². The van der Waals surface area contributed by atoms with Crippen LogP contribution in [-0.2, 0) is 25.6 Å². The number of morpholine rings is 1. The zero-order valence-electron chi connectivity index (χ0n) is 21.4. The number of ether oxygens (including phenoxy) is 3. The lowest BCUT2D eigenvalue weighted by Crippen LogP contribution is -2.51. The zero-order valence-corrected chi connectivity index (χ0v) is 21.4. The first-order chi connectivity index (χ1) is 17.7. The minimum Gasteiger partial charge on any atom is -0.443 e. The summed E-state index contributed by atoms with van der Waals surface area (Å²) in [6, 6.07) is 14.6. The van der Waals surface area contributed by atoms with Crippen LogP contribution in [0.2, 0.25) is 0 Å². The molecule has 3 aromatic rings. The molecular formula is C26H34N6O5. The Morgan fingerprint density at radius 2 is 1.84 bits per heavy atom. The Labute approximate surface area is 215 Å². The van der Waals surface area contributed by atoms with E-state index in [2.05, 4.69) is 15.5 Å². The molecule has 0 radical (unpaired) electrons. The first kappa shape index (κ1) is 26.5. The van der Waals surface area contributed by atoms with Gasteiger partial charge in [0.1, 0.15) is 12.6 Å². The van der Waals surface area contributed by atoms with Crippen LogP contribution in [-0.4, -0.2) is 69.9 Å². The summed E-state index contributed by atoms with van der Waals surface area (Å²) in [5, 5.41) is 11.6. The van der Waals surface area contributed by atoms with Crippen molar-refractivity contribution in [2.45, 2.75) is 45.1 Å². The molecule has 3 N–H and O–H groups in total. The van der Waals surface area contributed by atoms with Crippen LogP contribution >= 0.6 is 0 Å². The van der Waals surface area contributed by atoms with Crippen molar-refractivity contribution in [3.63, 3.8) is 0 Å². The van der Waals surface area contributed by atoms with Crippen LogP contribution in [0.1, 0.15) is 50.0 Å². The number of amides is 2. The van der Waals surface area contributed by atoms with Gasteiger partial charge in [0.15, 0.2) is 11.5 Å². The van der Waals surface area contributed by atoms with Crippen LogP contribution < -0.4 is 11.1 Å². The highest BCUT2D eigenvalue weighted by molar-refractivity contribution is 5.85. The monoisotopic (exact) mass is 510 g/mol. The second kappa shape index (κ2) is 11.7. The van der Waals surface area contributed by atoms with Gasteiger partial charge in [-0.1, -0.05) is 36.4 Å². The molecule has 0 saturated carbocycles. The van der Waals surface area contributed by atoms with Gasteiger partial charge in [0.2, 0.25) is 5.91 Å².